The highest BCUT2D eigenvalue weighted by Crippen LogP contribution is 2.17. The molecule has 0 saturated heterocycles. The summed E-state index contributed by atoms with van der Waals surface area (Å²) in [5.41, 5.74) is 1.62. The SMILES string of the molecule is C=C(Br)COc1ccc2n[nH]nc2c1. The Bertz CT molecular complexity index is 466. The first-order valence-electron chi connectivity index (χ1n) is 4.02. The number of rotatable bonds is 3. The average Bonchev–Trinajstić information content (AvgIpc) is 2.61. The molecule has 0 bridgehead atoms. The van der Waals surface area contributed by atoms with Crippen molar-refractivity contribution >= 4 is 27.0 Å². The number of halogens is 1. The number of benzene rings is 1. The molecular formula is C9H8BrN3O. The second-order valence-electron chi connectivity index (χ2n) is 2.78. The topological polar surface area (TPSA) is 50.8 Å². The number of nitrogens with one attached hydrogen (secondary N) is 1. The number of ether oxygens (including phenoxy) is 1. The first-order chi connectivity index (χ1) is 6.75. The first-order valence-corrected chi connectivity index (χ1v) is 4.81. The fourth-order valence-electron chi connectivity index (χ4n) is 1.07. The molecule has 0 aliphatic heterocycles. The summed E-state index contributed by atoms with van der Waals surface area (Å²) in [6.07, 6.45) is 0. The Morgan fingerprint density at radius 2 is 2.21 bits per heavy atom. The Kier molecular flexibility index (Phi) is 2.49. The van der Waals surface area contributed by atoms with E-state index >= 15 is 0 Å². The zero-order chi connectivity index (χ0) is 9.97. The summed E-state index contributed by atoms with van der Waals surface area (Å²) in [7, 11) is 0. The molecular weight excluding hydrogens is 246 g/mol. The van der Waals surface area contributed by atoms with Gasteiger partial charge in [0.2, 0.25) is 0 Å². The number of nitrogens with zero attached hydrogens (tertiary/aromatic N) is 2. The third kappa shape index (κ3) is 1.93. The van der Waals surface area contributed by atoms with Crippen LogP contribution in [0.3, 0.4) is 0 Å². The Balaban J connectivity index is 2.21. The van der Waals surface area contributed by atoms with Crippen molar-refractivity contribution in [3.8, 4) is 5.75 Å². The molecule has 1 N–H and O–H groups in total. The van der Waals surface area contributed by atoms with Crippen molar-refractivity contribution in [2.75, 3.05) is 6.61 Å². The summed E-state index contributed by atoms with van der Waals surface area (Å²) in [4.78, 5) is 0. The van der Waals surface area contributed by atoms with Gasteiger partial charge in [-0.15, -0.1) is 0 Å². The van der Waals surface area contributed by atoms with E-state index in [1.807, 2.05) is 18.2 Å². The molecule has 0 radical (unpaired) electrons. The molecule has 1 heterocycles. The van der Waals surface area contributed by atoms with Crippen LogP contribution in [-0.2, 0) is 0 Å². The second kappa shape index (κ2) is 3.79. The van der Waals surface area contributed by atoms with E-state index in [-0.39, 0.29) is 0 Å². The number of aromatic nitrogens is 3. The second-order valence-corrected chi connectivity index (χ2v) is 3.90. The highest BCUT2D eigenvalue weighted by Gasteiger charge is 2.00. The Morgan fingerprint density at radius 1 is 1.43 bits per heavy atom. The Hall–Kier alpha value is -1.36. The van der Waals surface area contributed by atoms with E-state index in [2.05, 4.69) is 37.9 Å². The van der Waals surface area contributed by atoms with Crippen LogP contribution in [0.15, 0.2) is 29.3 Å². The molecule has 0 unspecified atom stereocenters. The summed E-state index contributed by atoms with van der Waals surface area (Å²) < 4.78 is 6.22. The summed E-state index contributed by atoms with van der Waals surface area (Å²) in [5.74, 6) is 0.756. The van der Waals surface area contributed by atoms with Gasteiger partial charge in [-0.1, -0.05) is 22.5 Å². The van der Waals surface area contributed by atoms with Gasteiger partial charge in [0.25, 0.3) is 0 Å². The summed E-state index contributed by atoms with van der Waals surface area (Å²) >= 11 is 3.22. The lowest BCUT2D eigenvalue weighted by Crippen LogP contribution is -1.95. The molecule has 0 fully saturated rings. The van der Waals surface area contributed by atoms with Gasteiger partial charge in [-0.3, -0.25) is 0 Å². The molecule has 1 aromatic carbocycles. The van der Waals surface area contributed by atoms with Gasteiger partial charge in [-0.2, -0.15) is 15.4 Å². The van der Waals surface area contributed by atoms with Crippen LogP contribution in [0.1, 0.15) is 0 Å². The number of aromatic amines is 1. The maximum absolute atomic E-state index is 5.42. The molecule has 0 amide bonds. The van der Waals surface area contributed by atoms with E-state index in [0.717, 1.165) is 21.3 Å². The van der Waals surface area contributed by atoms with Crippen molar-refractivity contribution < 1.29 is 4.74 Å². The van der Waals surface area contributed by atoms with E-state index in [9.17, 15) is 0 Å². The van der Waals surface area contributed by atoms with E-state index in [1.54, 1.807) is 0 Å². The predicted octanol–water partition coefficient (Wildman–Crippen LogP) is 2.25. The van der Waals surface area contributed by atoms with Crippen molar-refractivity contribution in [2.24, 2.45) is 0 Å². The smallest absolute Gasteiger partial charge is 0.122 e. The molecule has 14 heavy (non-hydrogen) atoms. The normalized spacial score (nSPS) is 10.4. The van der Waals surface area contributed by atoms with Gasteiger partial charge >= 0.3 is 0 Å². The van der Waals surface area contributed by atoms with Crippen LogP contribution in [0.4, 0.5) is 0 Å². The molecule has 0 spiro atoms. The lowest BCUT2D eigenvalue weighted by molar-refractivity contribution is 0.361. The maximum Gasteiger partial charge on any atom is 0.122 e. The molecule has 2 aromatic rings. The van der Waals surface area contributed by atoms with Gasteiger partial charge in [-0.25, -0.2) is 0 Å². The molecule has 4 nitrogen and oxygen atoms in total. The van der Waals surface area contributed by atoms with Crippen molar-refractivity contribution in [2.45, 2.75) is 0 Å². The van der Waals surface area contributed by atoms with Crippen LogP contribution in [0, 0.1) is 0 Å². The highest BCUT2D eigenvalue weighted by atomic mass is 79.9. The minimum absolute atomic E-state index is 0.448. The van der Waals surface area contributed by atoms with Gasteiger partial charge in [0, 0.05) is 10.5 Å². The van der Waals surface area contributed by atoms with Gasteiger partial charge < -0.3 is 4.74 Å². The standard InChI is InChI=1S/C9H8BrN3O/c1-6(10)5-14-7-2-3-8-9(4-7)12-13-11-8/h2-4H,1,5H2,(H,11,12,13). The van der Waals surface area contributed by atoms with E-state index < -0.39 is 0 Å². The van der Waals surface area contributed by atoms with Gasteiger partial charge in [0.15, 0.2) is 0 Å². The fourth-order valence-corrected chi connectivity index (χ4v) is 1.19. The van der Waals surface area contributed by atoms with Crippen molar-refractivity contribution in [1.29, 1.82) is 0 Å². The van der Waals surface area contributed by atoms with Gasteiger partial charge in [-0.05, 0) is 12.1 Å². The zero-order valence-corrected chi connectivity index (χ0v) is 8.91. The number of hydrogen-bond donors (Lipinski definition) is 1. The van der Waals surface area contributed by atoms with Crippen molar-refractivity contribution in [3.63, 3.8) is 0 Å². The lowest BCUT2D eigenvalue weighted by atomic mass is 10.3. The predicted molar refractivity (Wildman–Crippen MR) is 57.5 cm³/mol. The summed E-state index contributed by atoms with van der Waals surface area (Å²) in [6, 6.07) is 5.53. The van der Waals surface area contributed by atoms with E-state index in [1.165, 1.54) is 0 Å². The number of hydrogen-bond acceptors (Lipinski definition) is 3. The minimum Gasteiger partial charge on any atom is -0.488 e. The average molecular weight is 254 g/mol. The van der Waals surface area contributed by atoms with Crippen LogP contribution in [-0.4, -0.2) is 22.0 Å². The number of fused-ring (bicyclic) bond motifs is 1. The van der Waals surface area contributed by atoms with Crippen LogP contribution < -0.4 is 4.74 Å². The first kappa shape index (κ1) is 9.21. The lowest BCUT2D eigenvalue weighted by Gasteiger charge is -2.03. The summed E-state index contributed by atoms with van der Waals surface area (Å²) in [5, 5.41) is 10.4. The van der Waals surface area contributed by atoms with Gasteiger partial charge in [0.1, 0.15) is 23.4 Å². The van der Waals surface area contributed by atoms with Crippen LogP contribution in [0.2, 0.25) is 0 Å². The Morgan fingerprint density at radius 3 is 3.00 bits per heavy atom. The van der Waals surface area contributed by atoms with Crippen molar-refractivity contribution in [1.82, 2.24) is 15.4 Å². The molecule has 5 heteroatoms. The molecule has 1 aromatic heterocycles. The quantitative estimate of drug-likeness (QED) is 0.913. The zero-order valence-electron chi connectivity index (χ0n) is 7.33. The molecule has 2 rings (SSSR count). The third-order valence-electron chi connectivity index (χ3n) is 1.68. The fraction of sp³-hybridized carbons (Fsp3) is 0.111. The molecule has 0 aliphatic rings. The Labute approximate surface area is 89.1 Å². The van der Waals surface area contributed by atoms with Crippen molar-refractivity contribution in [3.05, 3.63) is 29.3 Å². The van der Waals surface area contributed by atoms with Crippen LogP contribution >= 0.6 is 15.9 Å². The largest absolute Gasteiger partial charge is 0.488 e. The molecule has 0 aliphatic carbocycles. The molecule has 0 atom stereocenters. The molecule has 0 saturated carbocycles. The monoisotopic (exact) mass is 253 g/mol. The molecule has 72 valence electrons. The maximum atomic E-state index is 5.42. The van der Waals surface area contributed by atoms with E-state index in [0.29, 0.717) is 6.61 Å². The van der Waals surface area contributed by atoms with E-state index in [4.69, 9.17) is 4.74 Å². The number of H-pyrrole nitrogens is 1. The van der Waals surface area contributed by atoms with Crippen LogP contribution in [0.25, 0.3) is 11.0 Å². The van der Waals surface area contributed by atoms with Crippen LogP contribution in [0.5, 0.6) is 5.75 Å². The van der Waals surface area contributed by atoms with Gasteiger partial charge in [0.05, 0.1) is 0 Å². The minimum atomic E-state index is 0.448. The summed E-state index contributed by atoms with van der Waals surface area (Å²) in [6.45, 7) is 4.13. The highest BCUT2D eigenvalue weighted by molar-refractivity contribution is 9.11. The third-order valence-corrected chi connectivity index (χ3v) is 1.91.